The SMILES string of the molecule is CC(C)CCNC(=O)C(C)N1CCOC(C(C)N)C1. The second-order valence-corrected chi connectivity index (χ2v) is 5.91. The molecule has 1 heterocycles. The van der Waals surface area contributed by atoms with Crippen LogP contribution in [0, 0.1) is 5.92 Å². The summed E-state index contributed by atoms with van der Waals surface area (Å²) in [5.41, 5.74) is 5.87. The van der Waals surface area contributed by atoms with E-state index in [1.54, 1.807) is 0 Å². The number of nitrogens with one attached hydrogen (secondary N) is 1. The van der Waals surface area contributed by atoms with Crippen LogP contribution in [-0.4, -0.2) is 55.2 Å². The molecule has 0 radical (unpaired) electrons. The van der Waals surface area contributed by atoms with Gasteiger partial charge in [0.05, 0.1) is 18.8 Å². The van der Waals surface area contributed by atoms with Crippen LogP contribution in [0.1, 0.15) is 34.1 Å². The molecule has 0 aromatic heterocycles. The lowest BCUT2D eigenvalue weighted by Crippen LogP contribution is -2.55. The van der Waals surface area contributed by atoms with E-state index in [1.807, 2.05) is 13.8 Å². The van der Waals surface area contributed by atoms with E-state index in [-0.39, 0.29) is 24.1 Å². The number of carbonyl (C=O) groups excluding carboxylic acids is 1. The Morgan fingerprint density at radius 2 is 2.11 bits per heavy atom. The fourth-order valence-electron chi connectivity index (χ4n) is 2.16. The highest BCUT2D eigenvalue weighted by Gasteiger charge is 2.29. The Bertz CT molecular complexity index is 282. The van der Waals surface area contributed by atoms with Crippen LogP contribution in [-0.2, 0) is 9.53 Å². The molecule has 0 spiro atoms. The summed E-state index contributed by atoms with van der Waals surface area (Å²) < 4.78 is 5.61. The van der Waals surface area contributed by atoms with Gasteiger partial charge in [-0.2, -0.15) is 0 Å². The minimum absolute atomic E-state index is 0.000924. The molecule has 0 aliphatic carbocycles. The topological polar surface area (TPSA) is 67.6 Å². The standard InChI is InChI=1S/C14H29N3O2/c1-10(2)5-6-16-14(18)12(4)17-7-8-19-13(9-17)11(3)15/h10-13H,5-9,15H2,1-4H3,(H,16,18). The van der Waals surface area contributed by atoms with E-state index in [9.17, 15) is 4.79 Å². The fraction of sp³-hybridized carbons (Fsp3) is 0.929. The molecule has 0 aromatic rings. The van der Waals surface area contributed by atoms with Crippen LogP contribution in [0.15, 0.2) is 0 Å². The Morgan fingerprint density at radius 3 is 2.68 bits per heavy atom. The van der Waals surface area contributed by atoms with E-state index in [2.05, 4.69) is 24.1 Å². The molecule has 5 heteroatoms. The van der Waals surface area contributed by atoms with Gasteiger partial charge in [0.1, 0.15) is 0 Å². The zero-order valence-corrected chi connectivity index (χ0v) is 12.7. The number of rotatable bonds is 6. The maximum Gasteiger partial charge on any atom is 0.237 e. The van der Waals surface area contributed by atoms with Gasteiger partial charge >= 0.3 is 0 Å². The highest BCUT2D eigenvalue weighted by atomic mass is 16.5. The van der Waals surface area contributed by atoms with Gasteiger partial charge in [-0.25, -0.2) is 0 Å². The van der Waals surface area contributed by atoms with Gasteiger partial charge in [-0.3, -0.25) is 9.69 Å². The molecule has 1 saturated heterocycles. The summed E-state index contributed by atoms with van der Waals surface area (Å²) in [5, 5.41) is 3.00. The molecule has 0 bridgehead atoms. The van der Waals surface area contributed by atoms with E-state index < -0.39 is 0 Å². The summed E-state index contributed by atoms with van der Waals surface area (Å²) in [6.45, 7) is 11.1. The minimum Gasteiger partial charge on any atom is -0.374 e. The molecular formula is C14H29N3O2. The number of carbonyl (C=O) groups is 1. The highest BCUT2D eigenvalue weighted by Crippen LogP contribution is 2.11. The van der Waals surface area contributed by atoms with Crippen molar-refractivity contribution in [2.45, 2.75) is 52.3 Å². The highest BCUT2D eigenvalue weighted by molar-refractivity contribution is 5.81. The van der Waals surface area contributed by atoms with Crippen LogP contribution in [0.25, 0.3) is 0 Å². The second kappa shape index (κ2) is 7.82. The molecule has 3 atom stereocenters. The van der Waals surface area contributed by atoms with Crippen molar-refractivity contribution in [3.63, 3.8) is 0 Å². The van der Waals surface area contributed by atoms with Crippen LogP contribution in [0.5, 0.6) is 0 Å². The largest absolute Gasteiger partial charge is 0.374 e. The summed E-state index contributed by atoms with van der Waals surface area (Å²) in [4.78, 5) is 14.2. The number of hydrogen-bond donors (Lipinski definition) is 2. The lowest BCUT2D eigenvalue weighted by Gasteiger charge is -2.37. The van der Waals surface area contributed by atoms with Crippen molar-refractivity contribution in [2.75, 3.05) is 26.2 Å². The first kappa shape index (κ1) is 16.4. The van der Waals surface area contributed by atoms with E-state index in [0.29, 0.717) is 12.5 Å². The molecule has 1 aliphatic rings. The Hall–Kier alpha value is -0.650. The Balaban J connectivity index is 2.38. The lowest BCUT2D eigenvalue weighted by molar-refractivity contribution is -0.129. The molecule has 0 aromatic carbocycles. The summed E-state index contributed by atoms with van der Waals surface area (Å²) >= 11 is 0. The van der Waals surface area contributed by atoms with E-state index in [1.165, 1.54) is 0 Å². The smallest absolute Gasteiger partial charge is 0.237 e. The first-order chi connectivity index (χ1) is 8.91. The predicted octanol–water partition coefficient (Wildman–Crippen LogP) is 0.585. The average Bonchev–Trinajstić information content (AvgIpc) is 2.37. The molecule has 19 heavy (non-hydrogen) atoms. The first-order valence-corrected chi connectivity index (χ1v) is 7.30. The predicted molar refractivity (Wildman–Crippen MR) is 76.9 cm³/mol. The molecule has 1 amide bonds. The van der Waals surface area contributed by atoms with Gasteiger partial charge in [0, 0.05) is 25.7 Å². The molecule has 3 N–H and O–H groups in total. The average molecular weight is 271 g/mol. The lowest BCUT2D eigenvalue weighted by atomic mass is 10.1. The van der Waals surface area contributed by atoms with Gasteiger partial charge in [0.15, 0.2) is 0 Å². The van der Waals surface area contributed by atoms with Crippen LogP contribution in [0.2, 0.25) is 0 Å². The van der Waals surface area contributed by atoms with Crippen LogP contribution in [0.3, 0.4) is 0 Å². The maximum atomic E-state index is 12.1. The molecule has 0 saturated carbocycles. The number of ether oxygens (including phenoxy) is 1. The number of amides is 1. The number of hydrogen-bond acceptors (Lipinski definition) is 4. The molecule has 112 valence electrons. The van der Waals surface area contributed by atoms with Gasteiger partial charge in [-0.1, -0.05) is 13.8 Å². The number of nitrogens with two attached hydrogens (primary N) is 1. The molecule has 1 aliphatic heterocycles. The molecule has 1 rings (SSSR count). The Labute approximate surface area is 116 Å². The summed E-state index contributed by atoms with van der Waals surface area (Å²) in [7, 11) is 0. The monoisotopic (exact) mass is 271 g/mol. The van der Waals surface area contributed by atoms with Crippen molar-refractivity contribution in [1.29, 1.82) is 0 Å². The minimum atomic E-state index is -0.114. The quantitative estimate of drug-likeness (QED) is 0.742. The molecule has 1 fully saturated rings. The van der Waals surface area contributed by atoms with Gasteiger partial charge < -0.3 is 15.8 Å². The van der Waals surface area contributed by atoms with Crippen molar-refractivity contribution in [1.82, 2.24) is 10.2 Å². The Morgan fingerprint density at radius 1 is 1.42 bits per heavy atom. The fourth-order valence-corrected chi connectivity index (χ4v) is 2.16. The third kappa shape index (κ3) is 5.47. The van der Waals surface area contributed by atoms with Crippen molar-refractivity contribution in [3.05, 3.63) is 0 Å². The summed E-state index contributed by atoms with van der Waals surface area (Å²) in [6.07, 6.45) is 1.05. The van der Waals surface area contributed by atoms with Gasteiger partial charge in [0.2, 0.25) is 5.91 Å². The zero-order chi connectivity index (χ0) is 14.4. The zero-order valence-electron chi connectivity index (χ0n) is 12.7. The second-order valence-electron chi connectivity index (χ2n) is 5.91. The van der Waals surface area contributed by atoms with E-state index in [0.717, 1.165) is 26.1 Å². The van der Waals surface area contributed by atoms with Crippen molar-refractivity contribution in [3.8, 4) is 0 Å². The van der Waals surface area contributed by atoms with Gasteiger partial charge in [-0.15, -0.1) is 0 Å². The Kier molecular flexibility index (Phi) is 6.75. The normalized spacial score (nSPS) is 24.2. The van der Waals surface area contributed by atoms with Crippen LogP contribution in [0.4, 0.5) is 0 Å². The van der Waals surface area contributed by atoms with Crippen LogP contribution >= 0.6 is 0 Å². The summed E-state index contributed by atoms with van der Waals surface area (Å²) in [6, 6.07) is -0.115. The van der Waals surface area contributed by atoms with E-state index >= 15 is 0 Å². The third-order valence-electron chi connectivity index (χ3n) is 3.66. The molecule has 3 unspecified atom stereocenters. The number of morpholine rings is 1. The third-order valence-corrected chi connectivity index (χ3v) is 3.66. The van der Waals surface area contributed by atoms with Gasteiger partial charge in [0.25, 0.3) is 0 Å². The first-order valence-electron chi connectivity index (χ1n) is 7.30. The maximum absolute atomic E-state index is 12.1. The van der Waals surface area contributed by atoms with Gasteiger partial charge in [-0.05, 0) is 26.2 Å². The van der Waals surface area contributed by atoms with Crippen molar-refractivity contribution in [2.24, 2.45) is 11.7 Å². The molecule has 5 nitrogen and oxygen atoms in total. The van der Waals surface area contributed by atoms with Crippen LogP contribution < -0.4 is 11.1 Å². The van der Waals surface area contributed by atoms with Crippen molar-refractivity contribution < 1.29 is 9.53 Å². The molecular weight excluding hydrogens is 242 g/mol. The summed E-state index contributed by atoms with van der Waals surface area (Å²) in [5.74, 6) is 0.715. The van der Waals surface area contributed by atoms with E-state index in [4.69, 9.17) is 10.5 Å². The number of nitrogens with zero attached hydrogens (tertiary/aromatic N) is 1. The van der Waals surface area contributed by atoms with Crippen molar-refractivity contribution >= 4 is 5.91 Å².